The third kappa shape index (κ3) is 3.29. The Morgan fingerprint density at radius 1 is 1.10 bits per heavy atom. The van der Waals surface area contributed by atoms with Crippen molar-refractivity contribution in [1.29, 1.82) is 0 Å². The molecule has 0 spiro atoms. The van der Waals surface area contributed by atoms with Crippen molar-refractivity contribution in [3.05, 3.63) is 59.7 Å². The zero-order valence-corrected chi connectivity index (χ0v) is 11.7. The van der Waals surface area contributed by atoms with Crippen molar-refractivity contribution < 1.29 is 9.53 Å². The molecule has 2 aromatic rings. The second-order valence-corrected chi connectivity index (χ2v) is 4.63. The van der Waals surface area contributed by atoms with Crippen molar-refractivity contribution >= 4 is 11.6 Å². The van der Waals surface area contributed by atoms with Gasteiger partial charge in [0, 0.05) is 24.8 Å². The summed E-state index contributed by atoms with van der Waals surface area (Å²) in [5.41, 5.74) is 8.05. The van der Waals surface area contributed by atoms with Crippen molar-refractivity contribution in [3.8, 4) is 5.75 Å². The van der Waals surface area contributed by atoms with Crippen LogP contribution in [0.25, 0.3) is 0 Å². The summed E-state index contributed by atoms with van der Waals surface area (Å²) in [6, 6.07) is 14.6. The first-order chi connectivity index (χ1) is 9.60. The number of rotatable bonds is 4. The van der Waals surface area contributed by atoms with Gasteiger partial charge in [0.15, 0.2) is 0 Å². The van der Waals surface area contributed by atoms with Crippen molar-refractivity contribution in [2.45, 2.75) is 6.54 Å². The van der Waals surface area contributed by atoms with Crippen LogP contribution < -0.4 is 10.5 Å². The number of nitrogens with zero attached hydrogens (tertiary/aromatic N) is 1. The fourth-order valence-electron chi connectivity index (χ4n) is 1.92. The van der Waals surface area contributed by atoms with E-state index >= 15 is 0 Å². The molecule has 0 fully saturated rings. The molecule has 104 valence electrons. The number of benzene rings is 2. The van der Waals surface area contributed by atoms with Gasteiger partial charge in [-0.15, -0.1) is 0 Å². The Hall–Kier alpha value is -2.49. The van der Waals surface area contributed by atoms with E-state index in [2.05, 4.69) is 0 Å². The van der Waals surface area contributed by atoms with Crippen molar-refractivity contribution in [2.75, 3.05) is 19.9 Å². The minimum Gasteiger partial charge on any atom is -0.497 e. The highest BCUT2D eigenvalue weighted by Gasteiger charge is 2.11. The zero-order chi connectivity index (χ0) is 14.5. The molecule has 0 aliphatic rings. The van der Waals surface area contributed by atoms with Gasteiger partial charge in [-0.1, -0.05) is 12.1 Å². The number of methoxy groups -OCH3 is 1. The molecular weight excluding hydrogens is 252 g/mol. The van der Waals surface area contributed by atoms with Crippen molar-refractivity contribution in [3.63, 3.8) is 0 Å². The van der Waals surface area contributed by atoms with Crippen LogP contribution in [0.2, 0.25) is 0 Å². The molecular formula is C16H18N2O2. The van der Waals surface area contributed by atoms with E-state index in [0.717, 1.165) is 17.0 Å². The normalized spacial score (nSPS) is 10.1. The second-order valence-electron chi connectivity index (χ2n) is 4.63. The minimum atomic E-state index is -0.0236. The summed E-state index contributed by atoms with van der Waals surface area (Å²) in [5, 5.41) is 0. The number of anilines is 1. The van der Waals surface area contributed by atoms with E-state index < -0.39 is 0 Å². The molecule has 0 heterocycles. The summed E-state index contributed by atoms with van der Waals surface area (Å²) in [6.07, 6.45) is 0. The van der Waals surface area contributed by atoms with E-state index in [-0.39, 0.29) is 5.91 Å². The molecule has 0 aromatic heterocycles. The van der Waals surface area contributed by atoms with Crippen LogP contribution in [0.4, 0.5) is 5.69 Å². The van der Waals surface area contributed by atoms with Crippen LogP contribution in [0.5, 0.6) is 5.75 Å². The van der Waals surface area contributed by atoms with Crippen molar-refractivity contribution in [1.82, 2.24) is 4.90 Å². The summed E-state index contributed by atoms with van der Waals surface area (Å²) in [5.74, 6) is 0.715. The third-order valence-electron chi connectivity index (χ3n) is 3.08. The largest absolute Gasteiger partial charge is 0.497 e. The van der Waals surface area contributed by atoms with E-state index in [1.165, 1.54) is 0 Å². The molecule has 20 heavy (non-hydrogen) atoms. The molecule has 0 atom stereocenters. The van der Waals surface area contributed by atoms with Gasteiger partial charge in [0.1, 0.15) is 5.75 Å². The van der Waals surface area contributed by atoms with E-state index in [4.69, 9.17) is 10.5 Å². The molecule has 0 radical (unpaired) electrons. The maximum absolute atomic E-state index is 12.3. The zero-order valence-electron chi connectivity index (χ0n) is 11.7. The lowest BCUT2D eigenvalue weighted by atomic mass is 10.1. The summed E-state index contributed by atoms with van der Waals surface area (Å²) in [7, 11) is 3.38. The van der Waals surface area contributed by atoms with Crippen LogP contribution in [0.1, 0.15) is 15.9 Å². The number of amides is 1. The molecule has 0 saturated heterocycles. The molecule has 0 aliphatic carbocycles. The van der Waals surface area contributed by atoms with E-state index in [9.17, 15) is 4.79 Å². The lowest BCUT2D eigenvalue weighted by molar-refractivity contribution is 0.0785. The highest BCUT2D eigenvalue weighted by molar-refractivity contribution is 5.94. The number of nitrogens with two attached hydrogens (primary N) is 1. The second kappa shape index (κ2) is 6.10. The van der Waals surface area contributed by atoms with Gasteiger partial charge in [0.2, 0.25) is 0 Å². The summed E-state index contributed by atoms with van der Waals surface area (Å²) >= 11 is 0. The predicted molar refractivity (Wildman–Crippen MR) is 79.6 cm³/mol. The van der Waals surface area contributed by atoms with Crippen LogP contribution in [0, 0.1) is 0 Å². The molecule has 4 nitrogen and oxygen atoms in total. The standard InChI is InChI=1S/C16H18N2O2/c1-18(11-12-3-7-14(17)8-4-12)16(19)13-5-9-15(20-2)10-6-13/h3-10H,11,17H2,1-2H3. The molecule has 2 aromatic carbocycles. The highest BCUT2D eigenvalue weighted by Crippen LogP contribution is 2.14. The summed E-state index contributed by atoms with van der Waals surface area (Å²) in [6.45, 7) is 0.547. The van der Waals surface area contributed by atoms with Gasteiger partial charge < -0.3 is 15.4 Å². The number of carbonyl (C=O) groups is 1. The molecule has 2 rings (SSSR count). The monoisotopic (exact) mass is 270 g/mol. The topological polar surface area (TPSA) is 55.6 Å². The number of hydrogen-bond acceptors (Lipinski definition) is 3. The first-order valence-corrected chi connectivity index (χ1v) is 6.34. The van der Waals surface area contributed by atoms with Crippen LogP contribution in [0.15, 0.2) is 48.5 Å². The lowest BCUT2D eigenvalue weighted by Crippen LogP contribution is -2.26. The molecule has 0 saturated carbocycles. The molecule has 1 amide bonds. The van der Waals surface area contributed by atoms with Crippen LogP contribution in [-0.2, 0) is 6.54 Å². The van der Waals surface area contributed by atoms with Gasteiger partial charge in [-0.25, -0.2) is 0 Å². The number of nitrogen functional groups attached to an aromatic ring is 1. The van der Waals surface area contributed by atoms with E-state index in [1.807, 2.05) is 24.3 Å². The Kier molecular flexibility index (Phi) is 4.25. The maximum atomic E-state index is 12.3. The average Bonchev–Trinajstić information content (AvgIpc) is 2.49. The van der Waals surface area contributed by atoms with Crippen LogP contribution in [0.3, 0.4) is 0 Å². The first-order valence-electron chi connectivity index (χ1n) is 6.34. The fourth-order valence-corrected chi connectivity index (χ4v) is 1.92. The maximum Gasteiger partial charge on any atom is 0.253 e. The molecule has 0 unspecified atom stereocenters. The Bertz CT molecular complexity index is 576. The summed E-state index contributed by atoms with van der Waals surface area (Å²) in [4.78, 5) is 13.9. The fraction of sp³-hybridized carbons (Fsp3) is 0.188. The Labute approximate surface area is 118 Å². The highest BCUT2D eigenvalue weighted by atomic mass is 16.5. The van der Waals surface area contributed by atoms with Gasteiger partial charge in [-0.05, 0) is 42.0 Å². The number of carbonyl (C=O) groups excluding carboxylic acids is 1. The molecule has 0 bridgehead atoms. The third-order valence-corrected chi connectivity index (χ3v) is 3.08. The summed E-state index contributed by atoms with van der Waals surface area (Å²) < 4.78 is 5.08. The van der Waals surface area contributed by atoms with Crippen LogP contribution in [-0.4, -0.2) is 25.0 Å². The predicted octanol–water partition coefficient (Wildman–Crippen LogP) is 2.55. The van der Waals surface area contributed by atoms with E-state index in [1.54, 1.807) is 43.3 Å². The van der Waals surface area contributed by atoms with Gasteiger partial charge in [0.25, 0.3) is 5.91 Å². The molecule has 0 aliphatic heterocycles. The van der Waals surface area contributed by atoms with Crippen LogP contribution >= 0.6 is 0 Å². The Morgan fingerprint density at radius 3 is 2.25 bits per heavy atom. The molecule has 4 heteroatoms. The SMILES string of the molecule is COc1ccc(C(=O)N(C)Cc2ccc(N)cc2)cc1. The number of hydrogen-bond donors (Lipinski definition) is 1. The molecule has 2 N–H and O–H groups in total. The quantitative estimate of drug-likeness (QED) is 0.869. The average molecular weight is 270 g/mol. The van der Waals surface area contributed by atoms with Gasteiger partial charge >= 0.3 is 0 Å². The Morgan fingerprint density at radius 2 is 1.70 bits per heavy atom. The van der Waals surface area contributed by atoms with Gasteiger partial charge in [-0.3, -0.25) is 4.79 Å². The smallest absolute Gasteiger partial charge is 0.253 e. The van der Waals surface area contributed by atoms with Gasteiger partial charge in [0.05, 0.1) is 7.11 Å². The van der Waals surface area contributed by atoms with Gasteiger partial charge in [-0.2, -0.15) is 0 Å². The lowest BCUT2D eigenvalue weighted by Gasteiger charge is -2.17. The first kappa shape index (κ1) is 13.9. The Balaban J connectivity index is 2.05. The number of ether oxygens (including phenoxy) is 1. The minimum absolute atomic E-state index is 0.0236. The van der Waals surface area contributed by atoms with Crippen molar-refractivity contribution in [2.24, 2.45) is 0 Å². The van der Waals surface area contributed by atoms with E-state index in [0.29, 0.717) is 12.1 Å².